The van der Waals surface area contributed by atoms with Gasteiger partial charge < -0.3 is 23.8 Å². The van der Waals surface area contributed by atoms with E-state index in [-0.39, 0.29) is 74.6 Å². The van der Waals surface area contributed by atoms with Crippen LogP contribution in [0.3, 0.4) is 0 Å². The Labute approximate surface area is 198 Å². The third-order valence-corrected chi connectivity index (χ3v) is 6.83. The summed E-state index contributed by atoms with van der Waals surface area (Å²) in [5, 5.41) is 0. The van der Waals surface area contributed by atoms with E-state index in [1.54, 1.807) is 0 Å². The Kier molecular flexibility index (Phi) is 6.08. The fraction of sp³-hybridized carbons (Fsp3) is 0.500. The van der Waals surface area contributed by atoms with Crippen LogP contribution in [0.1, 0.15) is 35.3 Å². The Morgan fingerprint density at radius 1 is 1.23 bits per heavy atom. The van der Waals surface area contributed by atoms with Crippen molar-refractivity contribution in [3.63, 3.8) is 0 Å². The molecule has 2 saturated heterocycles. The number of likely N-dealkylation sites (tertiary alicyclic amines) is 1. The molecule has 188 valence electrons. The number of hydrogen-bond donors (Lipinski definition) is 0. The first kappa shape index (κ1) is 23.8. The van der Waals surface area contributed by atoms with E-state index in [9.17, 15) is 22.4 Å². The maximum Gasteiger partial charge on any atom is 0.272 e. The summed E-state index contributed by atoms with van der Waals surface area (Å²) >= 11 is 0. The number of carbonyl (C=O) groups excluding carboxylic acids is 1. The molecule has 2 aromatic rings. The third-order valence-electron chi connectivity index (χ3n) is 6.83. The molecule has 3 fully saturated rings. The number of carbonyl (C=O) groups is 1. The lowest BCUT2D eigenvalue weighted by Crippen LogP contribution is -2.54. The highest BCUT2D eigenvalue weighted by Crippen LogP contribution is 2.44. The van der Waals surface area contributed by atoms with Crippen molar-refractivity contribution in [3.8, 4) is 11.6 Å². The number of pyridine rings is 1. The molecule has 1 saturated carbocycles. The van der Waals surface area contributed by atoms with Crippen molar-refractivity contribution in [2.24, 2.45) is 5.92 Å². The number of aromatic nitrogens is 1. The highest BCUT2D eigenvalue weighted by molar-refractivity contribution is 5.92. The molecule has 2 atom stereocenters. The van der Waals surface area contributed by atoms with E-state index in [2.05, 4.69) is 4.98 Å². The number of benzene rings is 1. The van der Waals surface area contributed by atoms with E-state index < -0.39 is 35.2 Å². The molecule has 1 aromatic carbocycles. The number of methoxy groups -OCH3 is 1. The van der Waals surface area contributed by atoms with Crippen LogP contribution in [-0.2, 0) is 15.1 Å². The normalized spacial score (nSPS) is 25.6. The molecule has 0 N–H and O–H groups in total. The monoisotopic (exact) mass is 496 g/mol. The van der Waals surface area contributed by atoms with Crippen LogP contribution in [0.4, 0.5) is 17.6 Å². The Bertz CT molecular complexity index is 1130. The number of amides is 1. The average molecular weight is 496 g/mol. The van der Waals surface area contributed by atoms with Gasteiger partial charge in [-0.05, 0) is 18.2 Å². The lowest BCUT2D eigenvalue weighted by Gasteiger charge is -2.41. The molecule has 0 bridgehead atoms. The van der Waals surface area contributed by atoms with Crippen molar-refractivity contribution < 1.29 is 41.3 Å². The summed E-state index contributed by atoms with van der Waals surface area (Å²) in [7, 11) is 1.37. The topological polar surface area (TPSA) is 70.1 Å². The smallest absolute Gasteiger partial charge is 0.272 e. The molecule has 7 nitrogen and oxygen atoms in total. The Morgan fingerprint density at radius 2 is 2.03 bits per heavy atom. The molecule has 3 aliphatic rings. The molecule has 11 heteroatoms. The standard InChI is InChI=1S/C24H24F4N2O5/c1-32-21-18(33-12-14-9-23(27,28)10-14)6-5-17(29-21)22(31)30-8-7-24(19(11-30)34-13-35-24)15-3-2-4-16(25)20(15)26/h2-6,14,19H,7-13H2,1H3. The van der Waals surface area contributed by atoms with Crippen LogP contribution in [-0.4, -0.2) is 61.4 Å². The Morgan fingerprint density at radius 3 is 2.77 bits per heavy atom. The minimum absolute atomic E-state index is 0.0653. The van der Waals surface area contributed by atoms with E-state index in [1.807, 2.05) is 0 Å². The van der Waals surface area contributed by atoms with Crippen LogP contribution >= 0.6 is 0 Å². The van der Waals surface area contributed by atoms with E-state index in [0.717, 1.165) is 6.07 Å². The summed E-state index contributed by atoms with van der Waals surface area (Å²) < 4.78 is 76.8. The second-order valence-corrected chi connectivity index (χ2v) is 9.05. The van der Waals surface area contributed by atoms with Gasteiger partial charge in [0.05, 0.1) is 20.3 Å². The number of rotatable bonds is 6. The maximum atomic E-state index is 14.6. The first-order valence-electron chi connectivity index (χ1n) is 11.3. The van der Waals surface area contributed by atoms with Gasteiger partial charge in [0.15, 0.2) is 17.4 Å². The summed E-state index contributed by atoms with van der Waals surface area (Å²) in [6, 6.07) is 6.90. The molecule has 1 amide bonds. The fourth-order valence-electron chi connectivity index (χ4n) is 4.95. The Balaban J connectivity index is 1.28. The number of hydrogen-bond acceptors (Lipinski definition) is 6. The second-order valence-electron chi connectivity index (χ2n) is 9.05. The van der Waals surface area contributed by atoms with Crippen molar-refractivity contribution in [3.05, 3.63) is 53.2 Å². The van der Waals surface area contributed by atoms with Gasteiger partial charge in [-0.2, -0.15) is 0 Å². The number of piperidine rings is 1. The first-order chi connectivity index (χ1) is 16.7. The van der Waals surface area contributed by atoms with Crippen LogP contribution in [0.2, 0.25) is 0 Å². The molecule has 3 heterocycles. The van der Waals surface area contributed by atoms with Crippen molar-refractivity contribution in [2.75, 3.05) is 33.6 Å². The SMILES string of the molecule is COc1nc(C(=O)N2CCC3(c4cccc(F)c4F)OCOC3C2)ccc1OCC1CC(F)(F)C1. The summed E-state index contributed by atoms with van der Waals surface area (Å²) in [6.07, 6.45) is -0.930. The van der Waals surface area contributed by atoms with Crippen LogP contribution in [0.15, 0.2) is 30.3 Å². The molecular weight excluding hydrogens is 472 g/mol. The number of fused-ring (bicyclic) bond motifs is 1. The van der Waals surface area contributed by atoms with E-state index >= 15 is 0 Å². The van der Waals surface area contributed by atoms with Gasteiger partial charge in [-0.15, -0.1) is 0 Å². The largest absolute Gasteiger partial charge is 0.488 e. The van der Waals surface area contributed by atoms with Gasteiger partial charge >= 0.3 is 0 Å². The molecule has 35 heavy (non-hydrogen) atoms. The summed E-state index contributed by atoms with van der Waals surface area (Å²) in [6.45, 7) is 0.290. The van der Waals surface area contributed by atoms with Crippen molar-refractivity contribution in [1.82, 2.24) is 9.88 Å². The predicted molar refractivity (Wildman–Crippen MR) is 113 cm³/mol. The number of alkyl halides is 2. The van der Waals surface area contributed by atoms with E-state index in [0.29, 0.717) is 0 Å². The number of halogens is 4. The molecule has 2 unspecified atom stereocenters. The molecule has 5 rings (SSSR count). The van der Waals surface area contributed by atoms with Gasteiger partial charge in [0.1, 0.15) is 24.2 Å². The molecule has 0 radical (unpaired) electrons. The van der Waals surface area contributed by atoms with Gasteiger partial charge in [0.25, 0.3) is 11.8 Å². The van der Waals surface area contributed by atoms with Crippen molar-refractivity contribution >= 4 is 5.91 Å². The van der Waals surface area contributed by atoms with Crippen LogP contribution < -0.4 is 9.47 Å². The van der Waals surface area contributed by atoms with Gasteiger partial charge in [-0.25, -0.2) is 22.5 Å². The molecule has 1 aliphatic carbocycles. The lowest BCUT2D eigenvalue weighted by molar-refractivity contribution is -0.119. The van der Waals surface area contributed by atoms with Gasteiger partial charge in [0.2, 0.25) is 5.92 Å². The van der Waals surface area contributed by atoms with Crippen molar-refractivity contribution in [2.45, 2.75) is 36.9 Å². The Hall–Kier alpha value is -2.92. The van der Waals surface area contributed by atoms with Gasteiger partial charge in [0, 0.05) is 37.3 Å². The molecule has 1 aromatic heterocycles. The first-order valence-corrected chi connectivity index (χ1v) is 11.3. The summed E-state index contributed by atoms with van der Waals surface area (Å²) in [4.78, 5) is 18.9. The number of nitrogens with zero attached hydrogens (tertiary/aromatic N) is 2. The molecule has 0 spiro atoms. The number of ether oxygens (including phenoxy) is 4. The quantitative estimate of drug-likeness (QED) is 0.565. The predicted octanol–water partition coefficient (Wildman–Crippen LogP) is 3.91. The average Bonchev–Trinajstić information content (AvgIpc) is 3.26. The lowest BCUT2D eigenvalue weighted by atomic mass is 9.81. The fourth-order valence-corrected chi connectivity index (χ4v) is 4.95. The summed E-state index contributed by atoms with van der Waals surface area (Å²) in [5.74, 6) is -4.93. The van der Waals surface area contributed by atoms with Gasteiger partial charge in [-0.1, -0.05) is 12.1 Å². The van der Waals surface area contributed by atoms with Crippen LogP contribution in [0.25, 0.3) is 0 Å². The van der Waals surface area contributed by atoms with Gasteiger partial charge in [-0.3, -0.25) is 4.79 Å². The van der Waals surface area contributed by atoms with Crippen LogP contribution in [0.5, 0.6) is 11.6 Å². The third kappa shape index (κ3) is 4.31. The van der Waals surface area contributed by atoms with Crippen molar-refractivity contribution in [1.29, 1.82) is 0 Å². The zero-order chi connectivity index (χ0) is 24.8. The minimum Gasteiger partial charge on any atom is -0.488 e. The zero-order valence-corrected chi connectivity index (χ0v) is 18.9. The highest BCUT2D eigenvalue weighted by atomic mass is 19.3. The van der Waals surface area contributed by atoms with E-state index in [1.165, 1.54) is 36.3 Å². The summed E-state index contributed by atoms with van der Waals surface area (Å²) in [5.41, 5.74) is -1.03. The zero-order valence-electron chi connectivity index (χ0n) is 18.9. The molecular formula is C24H24F4N2O5. The second kappa shape index (κ2) is 8.94. The molecule has 2 aliphatic heterocycles. The van der Waals surface area contributed by atoms with Crippen LogP contribution in [0, 0.1) is 17.6 Å². The minimum atomic E-state index is -2.63. The highest BCUT2D eigenvalue weighted by Gasteiger charge is 2.53. The maximum absolute atomic E-state index is 14.6. The van der Waals surface area contributed by atoms with E-state index in [4.69, 9.17) is 18.9 Å².